The standard InChI is InChI=1S/C19H19N7O3/c1-11-8-23-17(9-22-11)29-14-4-2-12(3-5-14)19-25-15(18(21)28)6-16(26-19)24-13(7-20)10-27/h2-6,8-10,13H,7,20H2,1H3,(H2,21,28)(H,24,25,26). The third-order valence-electron chi connectivity index (χ3n) is 3.82. The Labute approximate surface area is 166 Å². The highest BCUT2D eigenvalue weighted by molar-refractivity contribution is 5.92. The van der Waals surface area contributed by atoms with Gasteiger partial charge >= 0.3 is 0 Å². The Morgan fingerprint density at radius 2 is 1.97 bits per heavy atom. The van der Waals surface area contributed by atoms with Crippen molar-refractivity contribution in [2.75, 3.05) is 11.9 Å². The normalized spacial score (nSPS) is 11.5. The molecule has 3 rings (SSSR count). The van der Waals surface area contributed by atoms with Gasteiger partial charge in [-0.05, 0) is 31.2 Å². The summed E-state index contributed by atoms with van der Waals surface area (Å²) in [6, 6.07) is 7.58. The highest BCUT2D eigenvalue weighted by atomic mass is 16.5. The monoisotopic (exact) mass is 393 g/mol. The minimum Gasteiger partial charge on any atom is -0.438 e. The van der Waals surface area contributed by atoms with Crippen molar-refractivity contribution in [2.45, 2.75) is 13.0 Å². The van der Waals surface area contributed by atoms with Crippen LogP contribution in [0, 0.1) is 6.92 Å². The summed E-state index contributed by atoms with van der Waals surface area (Å²) < 4.78 is 5.64. The third-order valence-corrected chi connectivity index (χ3v) is 3.82. The van der Waals surface area contributed by atoms with E-state index in [0.717, 1.165) is 5.69 Å². The molecule has 0 fully saturated rings. The van der Waals surface area contributed by atoms with Crippen molar-refractivity contribution < 1.29 is 14.3 Å². The fourth-order valence-corrected chi connectivity index (χ4v) is 2.34. The first-order chi connectivity index (χ1) is 14.0. The van der Waals surface area contributed by atoms with E-state index in [0.29, 0.717) is 23.5 Å². The average molecular weight is 393 g/mol. The van der Waals surface area contributed by atoms with E-state index < -0.39 is 11.9 Å². The highest BCUT2D eigenvalue weighted by Gasteiger charge is 2.13. The smallest absolute Gasteiger partial charge is 0.267 e. The first-order valence-electron chi connectivity index (χ1n) is 8.66. The molecule has 0 bridgehead atoms. The first kappa shape index (κ1) is 19.8. The van der Waals surface area contributed by atoms with Gasteiger partial charge < -0.3 is 26.3 Å². The van der Waals surface area contributed by atoms with Gasteiger partial charge in [-0.3, -0.25) is 9.78 Å². The number of aromatic nitrogens is 4. The molecule has 2 heterocycles. The minimum atomic E-state index is -0.718. The molecule has 1 amide bonds. The Balaban J connectivity index is 1.86. The van der Waals surface area contributed by atoms with Gasteiger partial charge in [-0.25, -0.2) is 15.0 Å². The van der Waals surface area contributed by atoms with Crippen LogP contribution in [0.2, 0.25) is 0 Å². The molecule has 1 atom stereocenters. The number of primary amides is 1. The van der Waals surface area contributed by atoms with E-state index in [1.165, 1.54) is 12.3 Å². The minimum absolute atomic E-state index is 0.00873. The molecule has 1 unspecified atom stereocenters. The SMILES string of the molecule is Cc1cnc(Oc2ccc(-c3nc(NC(C=O)CN)cc(C(N)=O)n3)cc2)cn1. The van der Waals surface area contributed by atoms with Crippen molar-refractivity contribution >= 4 is 18.0 Å². The molecule has 29 heavy (non-hydrogen) atoms. The summed E-state index contributed by atoms with van der Waals surface area (Å²) in [6.07, 6.45) is 3.79. The lowest BCUT2D eigenvalue weighted by molar-refractivity contribution is -0.108. The molecule has 0 saturated heterocycles. The van der Waals surface area contributed by atoms with Crippen molar-refractivity contribution in [2.24, 2.45) is 11.5 Å². The van der Waals surface area contributed by atoms with Gasteiger partial charge in [0.05, 0.1) is 24.1 Å². The van der Waals surface area contributed by atoms with Gasteiger partial charge in [-0.1, -0.05) is 0 Å². The average Bonchev–Trinajstić information content (AvgIpc) is 2.74. The number of anilines is 1. The molecule has 2 aromatic heterocycles. The number of nitrogens with zero attached hydrogens (tertiary/aromatic N) is 4. The van der Waals surface area contributed by atoms with Crippen LogP contribution in [-0.2, 0) is 4.79 Å². The van der Waals surface area contributed by atoms with Crippen LogP contribution in [0.5, 0.6) is 11.6 Å². The molecule has 0 radical (unpaired) electrons. The fraction of sp³-hybridized carbons (Fsp3) is 0.158. The van der Waals surface area contributed by atoms with Gasteiger partial charge in [0.1, 0.15) is 23.5 Å². The van der Waals surface area contributed by atoms with E-state index in [9.17, 15) is 9.59 Å². The summed E-state index contributed by atoms with van der Waals surface area (Å²) in [7, 11) is 0. The van der Waals surface area contributed by atoms with Crippen LogP contribution in [-0.4, -0.2) is 44.7 Å². The topological polar surface area (TPSA) is 159 Å². The van der Waals surface area contributed by atoms with Gasteiger partial charge in [-0.15, -0.1) is 0 Å². The predicted octanol–water partition coefficient (Wildman–Crippen LogP) is 1.07. The van der Waals surface area contributed by atoms with E-state index in [1.54, 1.807) is 30.5 Å². The van der Waals surface area contributed by atoms with Gasteiger partial charge in [0.25, 0.3) is 5.91 Å². The maximum absolute atomic E-state index is 11.6. The van der Waals surface area contributed by atoms with Crippen LogP contribution in [0.3, 0.4) is 0 Å². The number of nitrogens with one attached hydrogen (secondary N) is 1. The van der Waals surface area contributed by atoms with E-state index in [1.807, 2.05) is 6.92 Å². The van der Waals surface area contributed by atoms with Crippen LogP contribution < -0.4 is 21.5 Å². The van der Waals surface area contributed by atoms with Crippen molar-refractivity contribution in [1.29, 1.82) is 0 Å². The van der Waals surface area contributed by atoms with E-state index >= 15 is 0 Å². The van der Waals surface area contributed by atoms with Gasteiger partial charge in [0.2, 0.25) is 5.88 Å². The lowest BCUT2D eigenvalue weighted by atomic mass is 10.2. The summed E-state index contributed by atoms with van der Waals surface area (Å²) in [4.78, 5) is 39.4. The number of aldehydes is 1. The molecule has 5 N–H and O–H groups in total. The zero-order chi connectivity index (χ0) is 20.8. The van der Waals surface area contributed by atoms with Gasteiger partial charge in [-0.2, -0.15) is 0 Å². The Kier molecular flexibility index (Phi) is 6.05. The quantitative estimate of drug-likeness (QED) is 0.476. The summed E-state index contributed by atoms with van der Waals surface area (Å²) in [5, 5.41) is 2.84. The van der Waals surface area contributed by atoms with Crippen LogP contribution >= 0.6 is 0 Å². The zero-order valence-electron chi connectivity index (χ0n) is 15.6. The number of carbonyl (C=O) groups is 2. The Morgan fingerprint density at radius 3 is 2.55 bits per heavy atom. The molecule has 1 aromatic carbocycles. The number of ether oxygens (including phenoxy) is 1. The first-order valence-corrected chi connectivity index (χ1v) is 8.66. The molecule has 0 aliphatic rings. The number of benzene rings is 1. The molecule has 0 aliphatic heterocycles. The number of rotatable bonds is 8. The zero-order valence-corrected chi connectivity index (χ0v) is 15.6. The van der Waals surface area contributed by atoms with Gasteiger partial charge in [0.15, 0.2) is 5.82 Å². The second-order valence-electron chi connectivity index (χ2n) is 6.07. The number of hydrogen-bond acceptors (Lipinski definition) is 9. The molecule has 0 aliphatic carbocycles. The number of aryl methyl sites for hydroxylation is 1. The van der Waals surface area contributed by atoms with Crippen LogP contribution in [0.15, 0.2) is 42.7 Å². The molecule has 3 aromatic rings. The Hall–Kier alpha value is -3.92. The maximum atomic E-state index is 11.6. The second-order valence-corrected chi connectivity index (χ2v) is 6.07. The summed E-state index contributed by atoms with van der Waals surface area (Å²) in [6.45, 7) is 1.91. The Morgan fingerprint density at radius 1 is 1.21 bits per heavy atom. The van der Waals surface area contributed by atoms with Crippen LogP contribution in [0.4, 0.5) is 5.82 Å². The lowest BCUT2D eigenvalue weighted by Gasteiger charge is -2.13. The number of carbonyl (C=O) groups excluding carboxylic acids is 2. The second kappa shape index (κ2) is 8.85. The Bertz CT molecular complexity index is 1010. The fourth-order valence-electron chi connectivity index (χ4n) is 2.34. The molecule has 10 heteroatoms. The molecule has 10 nitrogen and oxygen atoms in total. The van der Waals surface area contributed by atoms with E-state index in [2.05, 4.69) is 25.3 Å². The van der Waals surface area contributed by atoms with E-state index in [4.69, 9.17) is 16.2 Å². The number of hydrogen-bond donors (Lipinski definition) is 3. The molecular weight excluding hydrogens is 374 g/mol. The van der Waals surface area contributed by atoms with E-state index in [-0.39, 0.29) is 23.9 Å². The molecule has 0 saturated carbocycles. The molecule has 148 valence electrons. The number of amides is 1. The number of nitrogens with two attached hydrogens (primary N) is 2. The summed E-state index contributed by atoms with van der Waals surface area (Å²) in [5.74, 6) is 0.711. The molecule has 0 spiro atoms. The van der Waals surface area contributed by atoms with Crippen LogP contribution in [0.1, 0.15) is 16.2 Å². The summed E-state index contributed by atoms with van der Waals surface area (Å²) in [5.41, 5.74) is 12.3. The van der Waals surface area contributed by atoms with Crippen LogP contribution in [0.25, 0.3) is 11.4 Å². The highest BCUT2D eigenvalue weighted by Crippen LogP contribution is 2.24. The summed E-state index contributed by atoms with van der Waals surface area (Å²) >= 11 is 0. The third kappa shape index (κ3) is 5.08. The molecular formula is C19H19N7O3. The largest absolute Gasteiger partial charge is 0.438 e. The van der Waals surface area contributed by atoms with Crippen molar-refractivity contribution in [3.05, 3.63) is 54.1 Å². The van der Waals surface area contributed by atoms with Gasteiger partial charge in [0, 0.05) is 18.2 Å². The van der Waals surface area contributed by atoms with Crippen molar-refractivity contribution in [3.8, 4) is 23.0 Å². The van der Waals surface area contributed by atoms with Crippen molar-refractivity contribution in [3.63, 3.8) is 0 Å². The maximum Gasteiger partial charge on any atom is 0.267 e. The van der Waals surface area contributed by atoms with Crippen molar-refractivity contribution in [1.82, 2.24) is 19.9 Å². The lowest BCUT2D eigenvalue weighted by Crippen LogP contribution is -2.30. The predicted molar refractivity (Wildman–Crippen MR) is 105 cm³/mol.